The highest BCUT2D eigenvalue weighted by Crippen LogP contribution is 2.49. The number of hydrogen-bond donors (Lipinski definition) is 0. The molecule has 0 bridgehead atoms. The van der Waals surface area contributed by atoms with Crippen LogP contribution in [0.3, 0.4) is 0 Å². The van der Waals surface area contributed by atoms with Gasteiger partial charge in [-0.05, 0) is 36.1 Å². The van der Waals surface area contributed by atoms with Crippen molar-refractivity contribution >= 4 is 11.3 Å². The summed E-state index contributed by atoms with van der Waals surface area (Å²) in [5.74, 6) is 1.70. The molecule has 0 amide bonds. The van der Waals surface area contributed by atoms with E-state index in [0.717, 1.165) is 11.8 Å². The molecule has 3 atom stereocenters. The SMILES string of the molecule is C[C@H]1CCC[C@@H]([C@@H]2c3sccc3-c3cncn32)C1. The third kappa shape index (κ3) is 1.43. The third-order valence-corrected chi connectivity index (χ3v) is 5.62. The Morgan fingerprint density at radius 2 is 2.33 bits per heavy atom. The molecule has 4 rings (SSSR count). The second kappa shape index (κ2) is 3.95. The first kappa shape index (κ1) is 10.8. The molecule has 0 aromatic carbocycles. The van der Waals surface area contributed by atoms with Crippen molar-refractivity contribution in [1.29, 1.82) is 0 Å². The Hall–Kier alpha value is -1.09. The molecule has 0 unspecified atom stereocenters. The number of nitrogens with zero attached hydrogens (tertiary/aromatic N) is 2. The molecule has 0 saturated heterocycles. The average Bonchev–Trinajstić information content (AvgIpc) is 2.99. The van der Waals surface area contributed by atoms with Gasteiger partial charge in [-0.25, -0.2) is 4.98 Å². The second-order valence-electron chi connectivity index (χ2n) is 5.86. The normalized spacial score (nSPS) is 30.2. The molecule has 3 heterocycles. The predicted molar refractivity (Wildman–Crippen MR) is 74.8 cm³/mol. The summed E-state index contributed by atoms with van der Waals surface area (Å²) < 4.78 is 2.42. The molecule has 3 heteroatoms. The van der Waals surface area contributed by atoms with Gasteiger partial charge in [-0.2, -0.15) is 0 Å². The van der Waals surface area contributed by atoms with Crippen LogP contribution in [0.25, 0.3) is 11.3 Å². The minimum Gasteiger partial charge on any atom is -0.322 e. The van der Waals surface area contributed by atoms with Gasteiger partial charge in [-0.15, -0.1) is 11.3 Å². The van der Waals surface area contributed by atoms with Gasteiger partial charge >= 0.3 is 0 Å². The van der Waals surface area contributed by atoms with Crippen LogP contribution in [0.15, 0.2) is 24.0 Å². The van der Waals surface area contributed by atoms with Gasteiger partial charge < -0.3 is 4.57 Å². The molecule has 2 nitrogen and oxygen atoms in total. The maximum Gasteiger partial charge on any atom is 0.0957 e. The summed E-state index contributed by atoms with van der Waals surface area (Å²) in [5, 5.41) is 2.24. The van der Waals surface area contributed by atoms with Crippen molar-refractivity contribution in [1.82, 2.24) is 9.55 Å². The first-order valence-corrected chi connectivity index (χ1v) is 7.82. The van der Waals surface area contributed by atoms with Gasteiger partial charge in [-0.3, -0.25) is 0 Å². The fourth-order valence-corrected chi connectivity index (χ4v) is 4.93. The summed E-state index contributed by atoms with van der Waals surface area (Å²) in [5.41, 5.74) is 2.76. The number of imidazole rings is 1. The zero-order valence-corrected chi connectivity index (χ0v) is 11.5. The van der Waals surface area contributed by atoms with Crippen LogP contribution in [0.4, 0.5) is 0 Å². The standard InChI is InChI=1S/C15H18N2S/c1-10-3-2-4-11(7-10)14-15-12(5-6-18-15)13-8-16-9-17(13)14/h5-6,8-11,14H,2-4,7H2,1H3/t10-,11+,14+/m0/s1. The average molecular weight is 258 g/mol. The van der Waals surface area contributed by atoms with Crippen LogP contribution in [0.1, 0.15) is 43.5 Å². The molecule has 2 aliphatic rings. The molecular formula is C15H18N2S. The lowest BCUT2D eigenvalue weighted by atomic mass is 9.78. The Bertz CT molecular complexity index is 528. The Balaban J connectivity index is 1.77. The molecule has 94 valence electrons. The van der Waals surface area contributed by atoms with Gasteiger partial charge in [0.2, 0.25) is 0 Å². The van der Waals surface area contributed by atoms with Gasteiger partial charge in [0, 0.05) is 10.4 Å². The van der Waals surface area contributed by atoms with E-state index in [2.05, 4.69) is 27.9 Å². The van der Waals surface area contributed by atoms with E-state index in [1.165, 1.54) is 36.9 Å². The molecule has 1 aliphatic heterocycles. The molecular weight excluding hydrogens is 240 g/mol. The lowest BCUT2D eigenvalue weighted by molar-refractivity contribution is 0.234. The van der Waals surface area contributed by atoms with E-state index in [0.29, 0.717) is 6.04 Å². The number of fused-ring (bicyclic) bond motifs is 3. The van der Waals surface area contributed by atoms with E-state index in [-0.39, 0.29) is 0 Å². The predicted octanol–water partition coefficient (Wildman–Crippen LogP) is 4.34. The quantitative estimate of drug-likeness (QED) is 0.744. The van der Waals surface area contributed by atoms with Crippen LogP contribution >= 0.6 is 11.3 Å². The van der Waals surface area contributed by atoms with Crippen molar-refractivity contribution in [3.8, 4) is 11.3 Å². The molecule has 0 spiro atoms. The van der Waals surface area contributed by atoms with Crippen molar-refractivity contribution in [3.63, 3.8) is 0 Å². The van der Waals surface area contributed by atoms with Gasteiger partial charge in [0.15, 0.2) is 0 Å². The van der Waals surface area contributed by atoms with E-state index in [1.807, 2.05) is 23.9 Å². The Morgan fingerprint density at radius 1 is 1.39 bits per heavy atom. The molecule has 1 aliphatic carbocycles. The van der Waals surface area contributed by atoms with Crippen LogP contribution < -0.4 is 0 Å². The maximum absolute atomic E-state index is 4.35. The van der Waals surface area contributed by atoms with Gasteiger partial charge in [0.05, 0.1) is 24.3 Å². The highest BCUT2D eigenvalue weighted by atomic mass is 32.1. The largest absolute Gasteiger partial charge is 0.322 e. The van der Waals surface area contributed by atoms with Crippen LogP contribution in [0, 0.1) is 11.8 Å². The molecule has 1 fully saturated rings. The number of hydrogen-bond acceptors (Lipinski definition) is 2. The molecule has 2 aromatic rings. The topological polar surface area (TPSA) is 17.8 Å². The van der Waals surface area contributed by atoms with Crippen molar-refractivity contribution in [3.05, 3.63) is 28.8 Å². The summed E-state index contributed by atoms with van der Waals surface area (Å²) in [7, 11) is 0. The maximum atomic E-state index is 4.35. The van der Waals surface area contributed by atoms with Crippen molar-refractivity contribution in [2.45, 2.75) is 38.6 Å². The lowest BCUT2D eigenvalue weighted by Gasteiger charge is -2.32. The van der Waals surface area contributed by atoms with E-state index in [1.54, 1.807) is 4.88 Å². The number of rotatable bonds is 1. The number of thiophene rings is 1. The molecule has 2 aromatic heterocycles. The summed E-state index contributed by atoms with van der Waals surface area (Å²) >= 11 is 1.93. The summed E-state index contributed by atoms with van der Waals surface area (Å²) in [6.07, 6.45) is 9.62. The molecule has 0 radical (unpaired) electrons. The van der Waals surface area contributed by atoms with Gasteiger partial charge in [-0.1, -0.05) is 19.8 Å². The molecule has 1 saturated carbocycles. The highest BCUT2D eigenvalue weighted by molar-refractivity contribution is 7.10. The van der Waals surface area contributed by atoms with E-state index in [9.17, 15) is 0 Å². The van der Waals surface area contributed by atoms with Crippen molar-refractivity contribution < 1.29 is 0 Å². The fraction of sp³-hybridized carbons (Fsp3) is 0.533. The molecule has 18 heavy (non-hydrogen) atoms. The van der Waals surface area contributed by atoms with Crippen molar-refractivity contribution in [2.24, 2.45) is 11.8 Å². The van der Waals surface area contributed by atoms with Crippen LogP contribution in [0.2, 0.25) is 0 Å². The smallest absolute Gasteiger partial charge is 0.0957 e. The van der Waals surface area contributed by atoms with Gasteiger partial charge in [0.25, 0.3) is 0 Å². The van der Waals surface area contributed by atoms with E-state index < -0.39 is 0 Å². The zero-order valence-electron chi connectivity index (χ0n) is 10.7. The second-order valence-corrected chi connectivity index (χ2v) is 6.81. The van der Waals surface area contributed by atoms with Crippen LogP contribution in [0.5, 0.6) is 0 Å². The monoisotopic (exact) mass is 258 g/mol. The third-order valence-electron chi connectivity index (χ3n) is 4.63. The Kier molecular flexibility index (Phi) is 2.37. The van der Waals surface area contributed by atoms with Crippen LogP contribution in [-0.2, 0) is 0 Å². The highest BCUT2D eigenvalue weighted by Gasteiger charge is 2.36. The van der Waals surface area contributed by atoms with Crippen LogP contribution in [-0.4, -0.2) is 9.55 Å². The van der Waals surface area contributed by atoms with Gasteiger partial charge in [0.1, 0.15) is 0 Å². The minimum absolute atomic E-state index is 0.570. The Labute approximate surface area is 112 Å². The number of aromatic nitrogens is 2. The lowest BCUT2D eigenvalue weighted by Crippen LogP contribution is -2.22. The summed E-state index contributed by atoms with van der Waals surface area (Å²) in [4.78, 5) is 5.93. The fourth-order valence-electron chi connectivity index (χ4n) is 3.83. The minimum atomic E-state index is 0.570. The van der Waals surface area contributed by atoms with E-state index in [4.69, 9.17) is 0 Å². The first-order valence-electron chi connectivity index (χ1n) is 6.94. The summed E-state index contributed by atoms with van der Waals surface area (Å²) in [6, 6.07) is 2.83. The van der Waals surface area contributed by atoms with Crippen molar-refractivity contribution in [2.75, 3.05) is 0 Å². The Morgan fingerprint density at radius 3 is 3.22 bits per heavy atom. The summed E-state index contributed by atoms with van der Waals surface area (Å²) in [6.45, 7) is 2.41. The van der Waals surface area contributed by atoms with E-state index >= 15 is 0 Å². The molecule has 0 N–H and O–H groups in total. The zero-order chi connectivity index (χ0) is 12.1. The first-order chi connectivity index (χ1) is 8.84.